The molecule has 0 saturated carbocycles. The molecular formula is C17H21N3O4S. The van der Waals surface area contributed by atoms with E-state index in [1.165, 1.54) is 12.1 Å². The summed E-state index contributed by atoms with van der Waals surface area (Å²) < 4.78 is 22.3. The van der Waals surface area contributed by atoms with Crippen LogP contribution in [-0.2, 0) is 22.2 Å². The Morgan fingerprint density at radius 3 is 2.60 bits per heavy atom. The number of rotatable bonds is 6. The number of H-pyrrole nitrogens is 1. The number of amides is 1. The molecule has 25 heavy (non-hydrogen) atoms. The van der Waals surface area contributed by atoms with Crippen molar-refractivity contribution in [1.82, 2.24) is 4.98 Å². The zero-order valence-corrected chi connectivity index (χ0v) is 14.9. The van der Waals surface area contributed by atoms with Crippen molar-refractivity contribution >= 4 is 21.6 Å². The van der Waals surface area contributed by atoms with Crippen molar-refractivity contribution in [2.24, 2.45) is 11.1 Å². The summed E-state index contributed by atoms with van der Waals surface area (Å²) in [5, 5.41) is 7.69. The van der Waals surface area contributed by atoms with Gasteiger partial charge in [-0.15, -0.1) is 0 Å². The molecule has 0 atom stereocenters. The van der Waals surface area contributed by atoms with Gasteiger partial charge in [-0.3, -0.25) is 9.59 Å². The quantitative estimate of drug-likeness (QED) is 0.721. The van der Waals surface area contributed by atoms with Crippen molar-refractivity contribution in [1.29, 1.82) is 0 Å². The first-order valence-electron chi connectivity index (χ1n) is 7.76. The van der Waals surface area contributed by atoms with Crippen molar-refractivity contribution in [3.63, 3.8) is 0 Å². The molecule has 0 unspecified atom stereocenters. The second kappa shape index (κ2) is 7.62. The van der Waals surface area contributed by atoms with E-state index in [4.69, 9.17) is 5.14 Å². The molecule has 4 N–H and O–H groups in total. The van der Waals surface area contributed by atoms with Gasteiger partial charge in [-0.25, -0.2) is 13.6 Å². The molecule has 0 aliphatic carbocycles. The highest BCUT2D eigenvalue weighted by molar-refractivity contribution is 7.88. The fourth-order valence-electron chi connectivity index (χ4n) is 2.46. The van der Waals surface area contributed by atoms with E-state index in [0.717, 1.165) is 0 Å². The molecule has 134 valence electrons. The average Bonchev–Trinajstić information content (AvgIpc) is 2.44. The maximum absolute atomic E-state index is 12.4. The highest BCUT2D eigenvalue weighted by Gasteiger charge is 2.11. The molecular weight excluding hydrogens is 342 g/mol. The van der Waals surface area contributed by atoms with E-state index in [-0.39, 0.29) is 16.9 Å². The Kier molecular flexibility index (Phi) is 5.76. The fraction of sp³-hybridized carbons (Fsp3) is 0.294. The number of sulfonamides is 1. The standard InChI is InChI=1S/C17H21N3O4S/c1-11(2)6-15-8-13(9-16(21)19-15)17(22)20-14-5-3-4-12(7-14)10-25(18,23)24/h3-5,7-9,11H,6,10H2,1-2H3,(H,19,21)(H,20,22)(H2,18,23,24). The summed E-state index contributed by atoms with van der Waals surface area (Å²) in [6, 6.07) is 9.27. The van der Waals surface area contributed by atoms with Crippen LogP contribution < -0.4 is 16.0 Å². The van der Waals surface area contributed by atoms with Crippen LogP contribution in [0.1, 0.15) is 35.5 Å². The zero-order chi connectivity index (χ0) is 18.6. The second-order valence-electron chi connectivity index (χ2n) is 6.32. The van der Waals surface area contributed by atoms with Crippen molar-refractivity contribution in [2.75, 3.05) is 5.32 Å². The lowest BCUT2D eigenvalue weighted by Crippen LogP contribution is -2.18. The lowest BCUT2D eigenvalue weighted by atomic mass is 10.1. The van der Waals surface area contributed by atoms with Crippen LogP contribution in [-0.4, -0.2) is 19.3 Å². The summed E-state index contributed by atoms with van der Waals surface area (Å²) in [6.07, 6.45) is 0.653. The number of nitrogens with one attached hydrogen (secondary N) is 2. The van der Waals surface area contributed by atoms with Gasteiger partial charge in [0.1, 0.15) is 0 Å². The maximum Gasteiger partial charge on any atom is 0.255 e. The van der Waals surface area contributed by atoms with Gasteiger partial charge in [0.05, 0.1) is 5.75 Å². The lowest BCUT2D eigenvalue weighted by molar-refractivity contribution is 0.102. The molecule has 0 aliphatic rings. The van der Waals surface area contributed by atoms with Gasteiger partial charge in [0, 0.05) is 23.0 Å². The Labute approximate surface area is 146 Å². The van der Waals surface area contributed by atoms with Gasteiger partial charge < -0.3 is 10.3 Å². The Bertz CT molecular complexity index is 933. The third kappa shape index (κ3) is 6.17. The first kappa shape index (κ1) is 18.9. The van der Waals surface area contributed by atoms with E-state index in [0.29, 0.717) is 29.3 Å². The predicted molar refractivity (Wildman–Crippen MR) is 96.8 cm³/mol. The fourth-order valence-corrected chi connectivity index (χ4v) is 3.10. The first-order chi connectivity index (χ1) is 11.6. The summed E-state index contributed by atoms with van der Waals surface area (Å²) in [6.45, 7) is 4.03. The number of aromatic nitrogens is 1. The van der Waals surface area contributed by atoms with Crippen LogP contribution in [0, 0.1) is 5.92 Å². The van der Waals surface area contributed by atoms with Crippen molar-refractivity contribution in [2.45, 2.75) is 26.0 Å². The van der Waals surface area contributed by atoms with Crippen molar-refractivity contribution in [3.8, 4) is 0 Å². The van der Waals surface area contributed by atoms with E-state index < -0.39 is 15.9 Å². The molecule has 2 rings (SSSR count). The Morgan fingerprint density at radius 2 is 1.96 bits per heavy atom. The first-order valence-corrected chi connectivity index (χ1v) is 9.48. The molecule has 0 saturated heterocycles. The number of anilines is 1. The number of nitrogens with two attached hydrogens (primary N) is 1. The molecule has 0 fully saturated rings. The molecule has 0 spiro atoms. The van der Waals surface area contributed by atoms with Crippen LogP contribution in [0.4, 0.5) is 5.69 Å². The number of aromatic amines is 1. The molecule has 7 nitrogen and oxygen atoms in total. The third-order valence-electron chi connectivity index (χ3n) is 3.34. The summed E-state index contributed by atoms with van der Waals surface area (Å²) >= 11 is 0. The van der Waals surface area contributed by atoms with Gasteiger partial charge in [0.15, 0.2) is 0 Å². The molecule has 0 radical (unpaired) electrons. The van der Waals surface area contributed by atoms with Crippen LogP contribution in [0.2, 0.25) is 0 Å². The maximum atomic E-state index is 12.4. The normalized spacial score (nSPS) is 11.5. The molecule has 8 heteroatoms. The molecule has 1 heterocycles. The lowest BCUT2D eigenvalue weighted by Gasteiger charge is -2.09. The largest absolute Gasteiger partial charge is 0.326 e. The third-order valence-corrected chi connectivity index (χ3v) is 4.08. The molecule has 1 aromatic carbocycles. The summed E-state index contributed by atoms with van der Waals surface area (Å²) in [7, 11) is -3.66. The van der Waals surface area contributed by atoms with Crippen LogP contribution >= 0.6 is 0 Å². The van der Waals surface area contributed by atoms with E-state index in [9.17, 15) is 18.0 Å². The van der Waals surface area contributed by atoms with E-state index >= 15 is 0 Å². The van der Waals surface area contributed by atoms with E-state index in [1.54, 1.807) is 24.3 Å². The molecule has 2 aromatic rings. The summed E-state index contributed by atoms with van der Waals surface area (Å²) in [5.74, 6) is -0.423. The SMILES string of the molecule is CC(C)Cc1cc(C(=O)Nc2cccc(CS(N)(=O)=O)c2)cc(=O)[nH]1. The topological polar surface area (TPSA) is 122 Å². The van der Waals surface area contributed by atoms with Crippen LogP contribution in [0.3, 0.4) is 0 Å². The van der Waals surface area contributed by atoms with E-state index in [1.807, 2.05) is 13.8 Å². The van der Waals surface area contributed by atoms with Crippen LogP contribution in [0.25, 0.3) is 0 Å². The van der Waals surface area contributed by atoms with Crippen molar-refractivity contribution < 1.29 is 13.2 Å². The summed E-state index contributed by atoms with van der Waals surface area (Å²) in [5.41, 5.74) is 1.49. The number of carbonyl (C=O) groups is 1. The van der Waals surface area contributed by atoms with Gasteiger partial charge in [-0.2, -0.15) is 0 Å². The average molecular weight is 363 g/mol. The summed E-state index contributed by atoms with van der Waals surface area (Å²) in [4.78, 5) is 26.9. The number of benzene rings is 1. The highest BCUT2D eigenvalue weighted by Crippen LogP contribution is 2.14. The highest BCUT2D eigenvalue weighted by atomic mass is 32.2. The van der Waals surface area contributed by atoms with Gasteiger partial charge in [-0.05, 0) is 36.1 Å². The smallest absolute Gasteiger partial charge is 0.255 e. The molecule has 1 aromatic heterocycles. The Morgan fingerprint density at radius 1 is 1.24 bits per heavy atom. The number of primary sulfonamides is 1. The molecule has 0 bridgehead atoms. The number of carbonyl (C=O) groups excluding carboxylic acids is 1. The van der Waals surface area contributed by atoms with E-state index in [2.05, 4.69) is 10.3 Å². The Hall–Kier alpha value is -2.45. The van der Waals surface area contributed by atoms with Crippen molar-refractivity contribution in [3.05, 3.63) is 63.6 Å². The number of hydrogen-bond donors (Lipinski definition) is 3. The van der Waals surface area contributed by atoms with Gasteiger partial charge in [0.25, 0.3) is 5.91 Å². The van der Waals surface area contributed by atoms with Gasteiger partial charge in [0.2, 0.25) is 15.6 Å². The zero-order valence-electron chi connectivity index (χ0n) is 14.1. The number of pyridine rings is 1. The van der Waals surface area contributed by atoms with Crippen LogP contribution in [0.5, 0.6) is 0 Å². The molecule has 0 aliphatic heterocycles. The monoisotopic (exact) mass is 363 g/mol. The van der Waals surface area contributed by atoms with Crippen LogP contribution in [0.15, 0.2) is 41.2 Å². The minimum Gasteiger partial charge on any atom is -0.326 e. The number of hydrogen-bond acceptors (Lipinski definition) is 4. The van der Waals surface area contributed by atoms with Gasteiger partial charge in [-0.1, -0.05) is 26.0 Å². The minimum absolute atomic E-state index is 0.247. The molecule has 1 amide bonds. The Balaban J connectivity index is 2.21. The minimum atomic E-state index is -3.66. The van der Waals surface area contributed by atoms with Gasteiger partial charge >= 0.3 is 0 Å². The predicted octanol–water partition coefficient (Wildman–Crippen LogP) is 1.61. The second-order valence-corrected chi connectivity index (χ2v) is 7.93.